The van der Waals surface area contributed by atoms with Crippen molar-refractivity contribution in [2.75, 3.05) is 13.1 Å². The summed E-state index contributed by atoms with van der Waals surface area (Å²) in [5, 5.41) is 4.19. The van der Waals surface area contributed by atoms with Gasteiger partial charge in [0, 0.05) is 29.6 Å². The number of hydrogen-bond acceptors (Lipinski definition) is 2. The number of hydrogen-bond donors (Lipinski definition) is 2. The van der Waals surface area contributed by atoms with Gasteiger partial charge < -0.3 is 11.1 Å². The number of aliphatic imine (C=N–C) groups is 1. The lowest BCUT2D eigenvalue weighted by Gasteiger charge is -2.26. The smallest absolute Gasteiger partial charge is 0.136 e. The minimum atomic E-state index is 0.277. The van der Waals surface area contributed by atoms with Crippen molar-refractivity contribution < 1.29 is 0 Å². The summed E-state index contributed by atoms with van der Waals surface area (Å²) < 4.78 is 0. The molecule has 0 saturated carbocycles. The highest BCUT2D eigenvalue weighted by molar-refractivity contribution is 7.80. The fourth-order valence-corrected chi connectivity index (χ4v) is 2.27. The number of thiocarbonyl (C=S) groups is 1. The molecule has 0 radical (unpaired) electrons. The molecule has 0 atom stereocenters. The van der Waals surface area contributed by atoms with Crippen LogP contribution in [0.25, 0.3) is 0 Å². The normalized spacial score (nSPS) is 16.7. The van der Waals surface area contributed by atoms with Gasteiger partial charge in [0.05, 0.1) is 5.02 Å². The molecule has 1 aromatic rings. The van der Waals surface area contributed by atoms with E-state index in [2.05, 4.69) is 10.3 Å². The third-order valence-corrected chi connectivity index (χ3v) is 3.45. The molecule has 1 heterocycles. The second kappa shape index (κ2) is 5.31. The maximum atomic E-state index is 6.04. The fraction of sp³-hybridized carbons (Fsp3) is 0.273. The van der Waals surface area contributed by atoms with Crippen LogP contribution in [0.2, 0.25) is 10.0 Å². The Bertz CT molecular complexity index is 484. The van der Waals surface area contributed by atoms with Gasteiger partial charge in [-0.1, -0.05) is 35.4 Å². The predicted octanol–water partition coefficient (Wildman–Crippen LogP) is 2.25. The first-order chi connectivity index (χ1) is 8.08. The zero-order valence-electron chi connectivity index (χ0n) is 8.91. The largest absolute Gasteiger partial charge is 0.387 e. The molecule has 0 aliphatic carbocycles. The Morgan fingerprint density at radius 2 is 2.12 bits per heavy atom. The molecular weight excluding hydrogens is 277 g/mol. The summed E-state index contributed by atoms with van der Waals surface area (Å²) in [6.45, 7) is 1.71. The van der Waals surface area contributed by atoms with Crippen LogP contribution in [0.15, 0.2) is 23.2 Å². The van der Waals surface area contributed by atoms with Crippen LogP contribution < -0.4 is 11.1 Å². The summed E-state index contributed by atoms with van der Waals surface area (Å²) >= 11 is 17.1. The van der Waals surface area contributed by atoms with Gasteiger partial charge in [0.2, 0.25) is 0 Å². The molecule has 2 rings (SSSR count). The minimum absolute atomic E-state index is 0.277. The molecule has 1 aromatic carbocycles. The van der Waals surface area contributed by atoms with Crippen LogP contribution in [0, 0.1) is 5.92 Å². The number of rotatable bonds is 2. The molecule has 0 bridgehead atoms. The Morgan fingerprint density at radius 3 is 2.65 bits per heavy atom. The summed E-state index contributed by atoms with van der Waals surface area (Å²) in [6, 6.07) is 5.12. The van der Waals surface area contributed by atoms with Crippen molar-refractivity contribution in [1.82, 2.24) is 5.32 Å². The van der Waals surface area contributed by atoms with Crippen molar-refractivity contribution in [3.63, 3.8) is 0 Å². The van der Waals surface area contributed by atoms with E-state index in [0.29, 0.717) is 26.4 Å². The van der Waals surface area contributed by atoms with E-state index < -0.39 is 0 Å². The Morgan fingerprint density at radius 1 is 1.41 bits per heavy atom. The van der Waals surface area contributed by atoms with Crippen LogP contribution in [0.4, 0.5) is 0 Å². The van der Waals surface area contributed by atoms with Crippen molar-refractivity contribution in [2.24, 2.45) is 16.6 Å². The highest BCUT2D eigenvalue weighted by Gasteiger charge is 2.21. The highest BCUT2D eigenvalue weighted by atomic mass is 35.5. The monoisotopic (exact) mass is 287 g/mol. The first kappa shape index (κ1) is 12.8. The number of nitrogens with zero attached hydrogens (tertiary/aromatic N) is 1. The van der Waals surface area contributed by atoms with E-state index in [1.165, 1.54) is 0 Å². The molecule has 17 heavy (non-hydrogen) atoms. The van der Waals surface area contributed by atoms with Gasteiger partial charge in [0.15, 0.2) is 0 Å². The third-order valence-electron chi connectivity index (χ3n) is 2.59. The topological polar surface area (TPSA) is 50.4 Å². The number of amidine groups is 1. The molecule has 0 aromatic heterocycles. The summed E-state index contributed by atoms with van der Waals surface area (Å²) in [7, 11) is 0. The first-order valence-corrected chi connectivity index (χ1v) is 6.28. The standard InChI is InChI=1S/C11H11Cl2N3S/c12-7-1-2-8(9(13)3-7)11(17)16-10(14)6-4-15-5-6/h1-3,6,15H,4-5H2,(H2,14,16,17). The van der Waals surface area contributed by atoms with Crippen LogP contribution in [-0.4, -0.2) is 23.9 Å². The molecule has 1 saturated heterocycles. The maximum Gasteiger partial charge on any atom is 0.136 e. The van der Waals surface area contributed by atoms with Gasteiger partial charge in [0.25, 0.3) is 0 Å². The molecule has 0 spiro atoms. The van der Waals surface area contributed by atoms with E-state index >= 15 is 0 Å². The number of halogens is 2. The summed E-state index contributed by atoms with van der Waals surface area (Å²) in [6.07, 6.45) is 0. The average molecular weight is 288 g/mol. The lowest BCUT2D eigenvalue weighted by atomic mass is 10.0. The van der Waals surface area contributed by atoms with Crippen LogP contribution in [0.5, 0.6) is 0 Å². The lowest BCUT2D eigenvalue weighted by molar-refractivity contribution is 0.441. The molecule has 0 amide bonds. The van der Waals surface area contributed by atoms with Crippen LogP contribution in [0.3, 0.4) is 0 Å². The Labute approximate surface area is 115 Å². The predicted molar refractivity (Wildman–Crippen MR) is 76.1 cm³/mol. The van der Waals surface area contributed by atoms with Gasteiger partial charge in [-0.2, -0.15) is 0 Å². The van der Waals surface area contributed by atoms with Gasteiger partial charge in [-0.25, -0.2) is 4.99 Å². The zero-order valence-corrected chi connectivity index (χ0v) is 11.2. The van der Waals surface area contributed by atoms with Crippen molar-refractivity contribution >= 4 is 46.2 Å². The van der Waals surface area contributed by atoms with Crippen molar-refractivity contribution in [3.8, 4) is 0 Å². The molecule has 3 nitrogen and oxygen atoms in total. The van der Waals surface area contributed by atoms with E-state index in [1.807, 2.05) is 0 Å². The van der Waals surface area contributed by atoms with Crippen molar-refractivity contribution in [2.45, 2.75) is 0 Å². The molecular formula is C11H11Cl2N3S. The van der Waals surface area contributed by atoms with Crippen LogP contribution in [0.1, 0.15) is 5.56 Å². The molecule has 6 heteroatoms. The van der Waals surface area contributed by atoms with E-state index in [1.54, 1.807) is 18.2 Å². The van der Waals surface area contributed by atoms with E-state index in [0.717, 1.165) is 13.1 Å². The van der Waals surface area contributed by atoms with Gasteiger partial charge >= 0.3 is 0 Å². The summed E-state index contributed by atoms with van der Waals surface area (Å²) in [4.78, 5) is 4.62. The second-order valence-electron chi connectivity index (χ2n) is 3.82. The molecule has 90 valence electrons. The molecule has 0 unspecified atom stereocenters. The molecule has 1 fully saturated rings. The van der Waals surface area contributed by atoms with Gasteiger partial charge in [-0.15, -0.1) is 0 Å². The zero-order chi connectivity index (χ0) is 12.4. The quantitative estimate of drug-likeness (QED) is 0.498. The lowest BCUT2D eigenvalue weighted by Crippen LogP contribution is -2.49. The SMILES string of the molecule is NC(=NC(=S)c1ccc(Cl)cc1Cl)C1CNC1. The Hall–Kier alpha value is -0.680. The average Bonchev–Trinajstić information content (AvgIpc) is 2.13. The van der Waals surface area contributed by atoms with Crippen molar-refractivity contribution in [1.29, 1.82) is 0 Å². The Balaban J connectivity index is 2.19. The number of nitrogens with two attached hydrogens (primary N) is 1. The highest BCUT2D eigenvalue weighted by Crippen LogP contribution is 2.22. The van der Waals surface area contributed by atoms with E-state index in [9.17, 15) is 0 Å². The minimum Gasteiger partial charge on any atom is -0.387 e. The van der Waals surface area contributed by atoms with Crippen LogP contribution in [-0.2, 0) is 0 Å². The van der Waals surface area contributed by atoms with Crippen molar-refractivity contribution in [3.05, 3.63) is 33.8 Å². The summed E-state index contributed by atoms with van der Waals surface area (Å²) in [5.41, 5.74) is 6.53. The van der Waals surface area contributed by atoms with Crippen LogP contribution >= 0.6 is 35.4 Å². The molecule has 1 aliphatic heterocycles. The number of benzene rings is 1. The van der Waals surface area contributed by atoms with Gasteiger partial charge in [0.1, 0.15) is 10.8 Å². The third kappa shape index (κ3) is 2.96. The first-order valence-electron chi connectivity index (χ1n) is 5.12. The summed E-state index contributed by atoms with van der Waals surface area (Å²) in [5.74, 6) is 0.832. The fourth-order valence-electron chi connectivity index (χ4n) is 1.43. The van der Waals surface area contributed by atoms with E-state index in [4.69, 9.17) is 41.2 Å². The van der Waals surface area contributed by atoms with Gasteiger partial charge in [-0.3, -0.25) is 0 Å². The Kier molecular flexibility index (Phi) is 3.99. The molecule has 3 N–H and O–H groups in total. The number of nitrogens with one attached hydrogen (secondary N) is 1. The van der Waals surface area contributed by atoms with E-state index in [-0.39, 0.29) is 5.92 Å². The second-order valence-corrected chi connectivity index (χ2v) is 5.05. The maximum absolute atomic E-state index is 6.04. The van der Waals surface area contributed by atoms with Gasteiger partial charge in [-0.05, 0) is 18.2 Å². The molecule has 1 aliphatic rings.